The number of methoxy groups -OCH3 is 1. The predicted molar refractivity (Wildman–Crippen MR) is 127 cm³/mol. The van der Waals surface area contributed by atoms with Crippen LogP contribution in [0, 0.1) is 23.2 Å². The van der Waals surface area contributed by atoms with E-state index in [0.29, 0.717) is 20.9 Å². The van der Waals surface area contributed by atoms with E-state index in [4.69, 9.17) is 32.7 Å². The molecule has 0 radical (unpaired) electrons. The van der Waals surface area contributed by atoms with Gasteiger partial charge in [-0.15, -0.1) is 11.3 Å². The molecule has 0 spiro atoms. The molecular weight excluding hydrogens is 469 g/mol. The highest BCUT2D eigenvalue weighted by molar-refractivity contribution is 7.22. The van der Waals surface area contributed by atoms with Gasteiger partial charge < -0.3 is 14.8 Å². The van der Waals surface area contributed by atoms with Crippen molar-refractivity contribution in [2.75, 3.05) is 13.7 Å². The van der Waals surface area contributed by atoms with E-state index >= 15 is 0 Å². The van der Waals surface area contributed by atoms with Crippen molar-refractivity contribution in [1.82, 2.24) is 5.32 Å². The highest BCUT2D eigenvalue weighted by Gasteiger charge is 2.53. The maximum atomic E-state index is 12.7. The highest BCUT2D eigenvalue weighted by Crippen LogP contribution is 2.61. The molecule has 6 rings (SSSR count). The third-order valence-corrected chi connectivity index (χ3v) is 10.0. The topological polar surface area (TPSA) is 64.6 Å². The van der Waals surface area contributed by atoms with Gasteiger partial charge >= 0.3 is 5.97 Å². The molecule has 5 nitrogen and oxygen atoms in total. The first kappa shape index (κ1) is 22.3. The quantitative estimate of drug-likeness (QED) is 0.492. The van der Waals surface area contributed by atoms with Gasteiger partial charge in [-0.25, -0.2) is 4.79 Å². The Hall–Kier alpha value is -1.50. The molecule has 4 saturated carbocycles. The molecule has 4 aliphatic carbocycles. The molecule has 4 bridgehead atoms. The summed E-state index contributed by atoms with van der Waals surface area (Å²) >= 11 is 13.9. The molecule has 4 fully saturated rings. The van der Waals surface area contributed by atoms with Crippen LogP contribution in [0.2, 0.25) is 10.0 Å². The minimum absolute atomic E-state index is 0.0845. The summed E-state index contributed by atoms with van der Waals surface area (Å²) < 4.78 is 11.2. The van der Waals surface area contributed by atoms with Crippen LogP contribution < -0.4 is 10.1 Å². The Morgan fingerprint density at radius 3 is 2.34 bits per heavy atom. The lowest BCUT2D eigenvalue weighted by Gasteiger charge is -2.59. The normalized spacial score (nSPS) is 29.2. The number of ether oxygens (including phenoxy) is 2. The number of halogens is 2. The Morgan fingerprint density at radius 2 is 1.75 bits per heavy atom. The van der Waals surface area contributed by atoms with Crippen LogP contribution in [0.15, 0.2) is 12.1 Å². The fourth-order valence-corrected chi connectivity index (χ4v) is 8.49. The lowest BCUT2D eigenvalue weighted by molar-refractivity contribution is -0.128. The summed E-state index contributed by atoms with van der Waals surface area (Å²) in [6.07, 6.45) is 7.72. The van der Waals surface area contributed by atoms with Crippen molar-refractivity contribution in [2.24, 2.45) is 23.2 Å². The van der Waals surface area contributed by atoms with Gasteiger partial charge in [0.05, 0.1) is 16.8 Å². The van der Waals surface area contributed by atoms with E-state index in [-0.39, 0.29) is 33.9 Å². The first-order valence-electron chi connectivity index (χ1n) is 11.2. The van der Waals surface area contributed by atoms with Gasteiger partial charge in [0.15, 0.2) is 6.61 Å². The third kappa shape index (κ3) is 3.78. The Kier molecular flexibility index (Phi) is 5.83. The first-order chi connectivity index (χ1) is 15.3. The minimum atomic E-state index is -0.621. The van der Waals surface area contributed by atoms with Gasteiger partial charge in [0, 0.05) is 11.4 Å². The number of hydrogen-bond donors (Lipinski definition) is 1. The van der Waals surface area contributed by atoms with Gasteiger partial charge in [0.2, 0.25) is 0 Å². The van der Waals surface area contributed by atoms with Gasteiger partial charge in [-0.05, 0) is 80.8 Å². The summed E-state index contributed by atoms with van der Waals surface area (Å²) in [6, 6.07) is 3.55. The number of benzene rings is 1. The molecule has 1 heterocycles. The average Bonchev–Trinajstić information content (AvgIpc) is 3.09. The molecule has 1 aromatic heterocycles. The molecule has 0 saturated heterocycles. The van der Waals surface area contributed by atoms with Crippen LogP contribution in [0.5, 0.6) is 5.75 Å². The summed E-state index contributed by atoms with van der Waals surface area (Å²) in [7, 11) is 1.53. The second kappa shape index (κ2) is 8.37. The number of fused-ring (bicyclic) bond motifs is 1. The molecule has 1 N–H and O–H groups in total. The number of thiophene rings is 1. The largest absolute Gasteiger partial charge is 0.495 e. The van der Waals surface area contributed by atoms with E-state index in [1.165, 1.54) is 45.6 Å². The summed E-state index contributed by atoms with van der Waals surface area (Å²) in [5.41, 5.74) is 0.207. The van der Waals surface area contributed by atoms with Crippen LogP contribution in [0.3, 0.4) is 0 Å². The van der Waals surface area contributed by atoms with E-state index in [1.54, 1.807) is 12.1 Å². The zero-order valence-corrected chi connectivity index (χ0v) is 20.5. The number of carbonyl (C=O) groups is 2. The van der Waals surface area contributed by atoms with Crippen molar-refractivity contribution >= 4 is 56.5 Å². The molecule has 0 unspecified atom stereocenters. The van der Waals surface area contributed by atoms with Crippen LogP contribution in [0.25, 0.3) is 10.1 Å². The van der Waals surface area contributed by atoms with Crippen molar-refractivity contribution in [3.8, 4) is 5.75 Å². The van der Waals surface area contributed by atoms with Crippen molar-refractivity contribution in [3.63, 3.8) is 0 Å². The predicted octanol–water partition coefficient (Wildman–Crippen LogP) is 6.09. The standard InChI is InChI=1S/C24H27Cl2NO4S/c1-12(24-8-13-5-14(9-24)7-15(6-13)10-24)27-18(28)11-31-23(29)22-19(25)16-3-4-17(30-2)20(26)21(16)32-22/h3-4,12-15H,5-11H2,1-2H3,(H,27,28)/t12-,13?,14?,15?,24?/m1/s1. The van der Waals surface area contributed by atoms with E-state index in [0.717, 1.165) is 29.1 Å². The molecule has 1 aromatic carbocycles. The summed E-state index contributed by atoms with van der Waals surface area (Å²) in [5, 5.41) is 4.47. The van der Waals surface area contributed by atoms with Gasteiger partial charge in [0.25, 0.3) is 5.91 Å². The Bertz CT molecular complexity index is 1050. The van der Waals surface area contributed by atoms with Crippen LogP contribution in [-0.2, 0) is 9.53 Å². The first-order valence-corrected chi connectivity index (χ1v) is 12.8. The van der Waals surface area contributed by atoms with Crippen LogP contribution in [0.4, 0.5) is 0 Å². The number of carbonyl (C=O) groups excluding carboxylic acids is 2. The van der Waals surface area contributed by atoms with Crippen molar-refractivity contribution in [1.29, 1.82) is 0 Å². The Morgan fingerprint density at radius 1 is 1.12 bits per heavy atom. The monoisotopic (exact) mass is 495 g/mol. The third-order valence-electron chi connectivity index (χ3n) is 7.82. The summed E-state index contributed by atoms with van der Waals surface area (Å²) in [6.45, 7) is 1.79. The lowest BCUT2D eigenvalue weighted by Crippen LogP contribution is -2.56. The van der Waals surface area contributed by atoms with Gasteiger partial charge in [0.1, 0.15) is 15.6 Å². The molecule has 32 heavy (non-hydrogen) atoms. The van der Waals surface area contributed by atoms with Crippen LogP contribution in [0.1, 0.15) is 55.1 Å². The minimum Gasteiger partial charge on any atom is -0.495 e. The highest BCUT2D eigenvalue weighted by atomic mass is 35.5. The van der Waals surface area contributed by atoms with Crippen molar-refractivity contribution in [2.45, 2.75) is 51.5 Å². The Labute approximate surface area is 201 Å². The Balaban J connectivity index is 1.22. The van der Waals surface area contributed by atoms with Crippen molar-refractivity contribution < 1.29 is 19.1 Å². The second-order valence-corrected chi connectivity index (χ2v) is 11.6. The molecule has 1 atom stereocenters. The van der Waals surface area contributed by atoms with Crippen LogP contribution >= 0.6 is 34.5 Å². The number of nitrogens with one attached hydrogen (secondary N) is 1. The van der Waals surface area contributed by atoms with Crippen molar-refractivity contribution in [3.05, 3.63) is 27.1 Å². The second-order valence-electron chi connectivity index (χ2n) is 9.85. The summed E-state index contributed by atoms with van der Waals surface area (Å²) in [5.74, 6) is 2.08. The molecule has 0 aliphatic heterocycles. The maximum Gasteiger partial charge on any atom is 0.350 e. The van der Waals surface area contributed by atoms with Gasteiger partial charge in [-0.1, -0.05) is 23.2 Å². The van der Waals surface area contributed by atoms with E-state index in [9.17, 15) is 9.59 Å². The molecular formula is C24H27Cl2NO4S. The molecule has 1 amide bonds. The molecule has 8 heteroatoms. The smallest absolute Gasteiger partial charge is 0.350 e. The fourth-order valence-electron chi connectivity index (χ4n) is 6.71. The SMILES string of the molecule is COc1ccc2c(Cl)c(C(=O)OCC(=O)N[C@H](C)C34CC5CC(CC(C5)C3)C4)sc2c1Cl. The lowest BCUT2D eigenvalue weighted by atomic mass is 9.48. The fraction of sp³-hybridized carbons (Fsp3) is 0.583. The number of esters is 1. The number of amides is 1. The zero-order chi connectivity index (χ0) is 22.6. The van der Waals surface area contributed by atoms with E-state index < -0.39 is 5.97 Å². The van der Waals surface area contributed by atoms with Crippen LogP contribution in [-0.4, -0.2) is 31.6 Å². The average molecular weight is 496 g/mol. The number of hydrogen-bond acceptors (Lipinski definition) is 5. The van der Waals surface area contributed by atoms with Gasteiger partial charge in [-0.3, -0.25) is 4.79 Å². The van der Waals surface area contributed by atoms with E-state index in [2.05, 4.69) is 12.2 Å². The summed E-state index contributed by atoms with van der Waals surface area (Å²) in [4.78, 5) is 25.5. The zero-order valence-electron chi connectivity index (χ0n) is 18.2. The molecule has 172 valence electrons. The molecule has 4 aliphatic rings. The maximum absolute atomic E-state index is 12.7. The van der Waals surface area contributed by atoms with E-state index in [1.807, 2.05) is 0 Å². The van der Waals surface area contributed by atoms with Gasteiger partial charge in [-0.2, -0.15) is 0 Å². The molecule has 2 aromatic rings. The number of rotatable bonds is 6.